The summed E-state index contributed by atoms with van der Waals surface area (Å²) in [7, 11) is 0. The van der Waals surface area contributed by atoms with Gasteiger partial charge in [0.05, 0.1) is 6.07 Å². The first-order valence-electron chi connectivity index (χ1n) is 11.0. The fourth-order valence-corrected chi connectivity index (χ4v) is 2.51. The van der Waals surface area contributed by atoms with Gasteiger partial charge in [0.15, 0.2) is 0 Å². The Morgan fingerprint density at radius 1 is 0.906 bits per heavy atom. The minimum absolute atomic E-state index is 0.00156. The fourth-order valence-electron chi connectivity index (χ4n) is 2.51. The number of carbonyl (C=O) groups is 2. The van der Waals surface area contributed by atoms with Crippen LogP contribution in [0.1, 0.15) is 78.6 Å². The number of amides is 2. The molecule has 3 N–H and O–H groups in total. The third-order valence-electron chi connectivity index (χ3n) is 4.02. The molecule has 0 rings (SSSR count). The Hall–Kier alpha value is -2.51. The largest absolute Gasteiger partial charge is 0.471 e. The highest BCUT2D eigenvalue weighted by Crippen LogP contribution is 2.14. The van der Waals surface area contributed by atoms with Gasteiger partial charge in [0, 0.05) is 26.1 Å². The van der Waals surface area contributed by atoms with Gasteiger partial charge in [0.1, 0.15) is 5.60 Å². The summed E-state index contributed by atoms with van der Waals surface area (Å²) in [6, 6.07) is 2.10. The third-order valence-corrected chi connectivity index (χ3v) is 4.02. The Morgan fingerprint density at radius 2 is 1.47 bits per heavy atom. The van der Waals surface area contributed by atoms with E-state index in [9.17, 15) is 22.8 Å². The Labute approximate surface area is 188 Å². The molecule has 0 saturated carbocycles. The second-order valence-corrected chi connectivity index (χ2v) is 8.27. The number of ether oxygens (including phenoxy) is 1. The van der Waals surface area contributed by atoms with Crippen LogP contribution in [0, 0.1) is 11.3 Å². The number of nitrogens with one attached hydrogen (secondary N) is 3. The van der Waals surface area contributed by atoms with Crippen LogP contribution in [0.15, 0.2) is 4.99 Å². The van der Waals surface area contributed by atoms with Gasteiger partial charge in [-0.3, -0.25) is 15.1 Å². The molecule has 8 nitrogen and oxygen atoms in total. The summed E-state index contributed by atoms with van der Waals surface area (Å²) >= 11 is 0. The van der Waals surface area contributed by atoms with Crippen molar-refractivity contribution in [2.75, 3.05) is 19.6 Å². The van der Waals surface area contributed by atoms with Crippen LogP contribution < -0.4 is 16.0 Å². The molecule has 0 spiro atoms. The lowest BCUT2D eigenvalue weighted by Gasteiger charge is -2.20. The van der Waals surface area contributed by atoms with E-state index >= 15 is 0 Å². The highest BCUT2D eigenvalue weighted by molar-refractivity contribution is 5.94. The third kappa shape index (κ3) is 18.3. The number of halogens is 3. The molecular formula is C21H36F3N5O3. The number of hydrogen-bond acceptors (Lipinski definition) is 5. The summed E-state index contributed by atoms with van der Waals surface area (Å²) in [6.45, 7) is 6.37. The summed E-state index contributed by atoms with van der Waals surface area (Å²) in [5, 5.41) is 16.1. The minimum Gasteiger partial charge on any atom is -0.444 e. The van der Waals surface area contributed by atoms with Crippen molar-refractivity contribution in [2.45, 2.75) is 90.3 Å². The van der Waals surface area contributed by atoms with Gasteiger partial charge in [-0.25, -0.2) is 4.79 Å². The maximum absolute atomic E-state index is 12.1. The van der Waals surface area contributed by atoms with Crippen molar-refractivity contribution in [3.8, 4) is 6.07 Å². The van der Waals surface area contributed by atoms with Crippen LogP contribution in [0.4, 0.5) is 18.0 Å². The van der Waals surface area contributed by atoms with Gasteiger partial charge in [-0.05, 0) is 46.5 Å². The Kier molecular flexibility index (Phi) is 14.9. The predicted molar refractivity (Wildman–Crippen MR) is 116 cm³/mol. The highest BCUT2D eigenvalue weighted by atomic mass is 19.4. The number of aliphatic imine (C=N–C) groups is 1. The molecule has 0 saturated heterocycles. The zero-order valence-corrected chi connectivity index (χ0v) is 19.2. The molecule has 0 fully saturated rings. The fraction of sp³-hybridized carbons (Fsp3) is 0.810. The van der Waals surface area contributed by atoms with Gasteiger partial charge in [-0.2, -0.15) is 18.4 Å². The normalized spacial score (nSPS) is 12.1. The smallest absolute Gasteiger partial charge is 0.444 e. The predicted octanol–water partition coefficient (Wildman–Crippen LogP) is 4.17. The first kappa shape index (κ1) is 29.5. The lowest BCUT2D eigenvalue weighted by Crippen LogP contribution is -2.44. The zero-order chi connectivity index (χ0) is 24.5. The van der Waals surface area contributed by atoms with Crippen LogP contribution in [0.3, 0.4) is 0 Å². The van der Waals surface area contributed by atoms with Crippen LogP contribution >= 0.6 is 0 Å². The average molecular weight is 464 g/mol. The molecule has 0 aliphatic carbocycles. The van der Waals surface area contributed by atoms with E-state index in [1.165, 1.54) is 0 Å². The van der Waals surface area contributed by atoms with Gasteiger partial charge in [-0.15, -0.1) is 0 Å². The quantitative estimate of drug-likeness (QED) is 0.215. The molecule has 2 amide bonds. The molecule has 0 radical (unpaired) electrons. The lowest BCUT2D eigenvalue weighted by atomic mass is 10.1. The summed E-state index contributed by atoms with van der Waals surface area (Å²) in [5.41, 5.74) is -0.633. The van der Waals surface area contributed by atoms with Crippen LogP contribution in [0.25, 0.3) is 0 Å². The van der Waals surface area contributed by atoms with Crippen LogP contribution in [0.5, 0.6) is 0 Å². The molecular weight excluding hydrogens is 427 g/mol. The Morgan fingerprint density at radius 3 is 2.03 bits per heavy atom. The number of carbonyl (C=O) groups excluding carboxylic acids is 2. The van der Waals surface area contributed by atoms with E-state index in [4.69, 9.17) is 10.00 Å². The molecule has 0 aromatic rings. The molecule has 0 aromatic heterocycles. The maximum Gasteiger partial charge on any atom is 0.471 e. The number of nitriles is 1. The molecule has 184 valence electrons. The lowest BCUT2D eigenvalue weighted by molar-refractivity contribution is -0.173. The van der Waals surface area contributed by atoms with Crippen molar-refractivity contribution in [3.05, 3.63) is 0 Å². The van der Waals surface area contributed by atoms with E-state index in [-0.39, 0.29) is 6.54 Å². The molecule has 0 aliphatic rings. The monoisotopic (exact) mass is 463 g/mol. The molecule has 0 aromatic carbocycles. The van der Waals surface area contributed by atoms with E-state index in [1.54, 1.807) is 20.8 Å². The maximum atomic E-state index is 12.1. The topological polar surface area (TPSA) is 116 Å². The summed E-state index contributed by atoms with van der Waals surface area (Å²) < 4.78 is 41.4. The van der Waals surface area contributed by atoms with Crippen molar-refractivity contribution >= 4 is 18.0 Å². The van der Waals surface area contributed by atoms with Gasteiger partial charge in [-0.1, -0.05) is 25.7 Å². The van der Waals surface area contributed by atoms with Crippen molar-refractivity contribution < 1.29 is 27.5 Å². The van der Waals surface area contributed by atoms with Crippen molar-refractivity contribution in [2.24, 2.45) is 4.99 Å². The second kappa shape index (κ2) is 16.2. The number of rotatable bonds is 13. The van der Waals surface area contributed by atoms with E-state index in [0.29, 0.717) is 38.3 Å². The van der Waals surface area contributed by atoms with Crippen LogP contribution in [0.2, 0.25) is 0 Å². The van der Waals surface area contributed by atoms with Gasteiger partial charge < -0.3 is 15.4 Å². The molecule has 0 heterocycles. The van der Waals surface area contributed by atoms with E-state index in [1.807, 2.05) is 5.32 Å². The first-order valence-corrected chi connectivity index (χ1v) is 11.0. The number of nitrogens with zero attached hydrogens (tertiary/aromatic N) is 2. The van der Waals surface area contributed by atoms with Crippen LogP contribution in [-0.2, 0) is 9.53 Å². The van der Waals surface area contributed by atoms with Crippen molar-refractivity contribution in [1.82, 2.24) is 16.0 Å². The highest BCUT2D eigenvalue weighted by Gasteiger charge is 2.38. The first-order chi connectivity index (χ1) is 15.0. The Bertz CT molecular complexity index is 626. The number of alkyl halides is 3. The summed E-state index contributed by atoms with van der Waals surface area (Å²) in [4.78, 5) is 27.1. The molecule has 32 heavy (non-hydrogen) atoms. The molecule has 0 bridgehead atoms. The van der Waals surface area contributed by atoms with E-state index in [2.05, 4.69) is 21.7 Å². The molecule has 0 aliphatic heterocycles. The zero-order valence-electron chi connectivity index (χ0n) is 19.2. The van der Waals surface area contributed by atoms with E-state index < -0.39 is 23.8 Å². The van der Waals surface area contributed by atoms with Crippen molar-refractivity contribution in [1.29, 1.82) is 5.26 Å². The van der Waals surface area contributed by atoms with Gasteiger partial charge in [0.25, 0.3) is 0 Å². The van der Waals surface area contributed by atoms with Crippen molar-refractivity contribution in [3.63, 3.8) is 0 Å². The van der Waals surface area contributed by atoms with Crippen LogP contribution in [-0.4, -0.2) is 49.4 Å². The van der Waals surface area contributed by atoms with E-state index in [0.717, 1.165) is 38.5 Å². The number of hydrogen-bond donors (Lipinski definition) is 3. The standard InChI is InChI=1S/C21H36F3N5O3/c1-20(2,3)32-19(31)29-18(28-16-12-8-5-9-13-25)27-15-11-7-4-6-10-14-26-17(30)21(22,23)24/h4-12,14-16H2,1-3H3,(H,26,30)(H2,27,28,29,31). The minimum atomic E-state index is -4.84. The number of alkyl carbamates (subject to hydrolysis) is 1. The molecule has 0 unspecified atom stereocenters. The van der Waals surface area contributed by atoms with Gasteiger partial charge in [0.2, 0.25) is 5.96 Å². The average Bonchev–Trinajstić information content (AvgIpc) is 2.66. The molecule has 0 atom stereocenters. The number of guanidine groups is 1. The second-order valence-electron chi connectivity index (χ2n) is 8.27. The number of unbranched alkanes of at least 4 members (excludes halogenated alkanes) is 7. The summed E-state index contributed by atoms with van der Waals surface area (Å²) in [5.74, 6) is -1.58. The Balaban J connectivity index is 4.18. The SMILES string of the molecule is CC(C)(C)OC(=O)N/C(=N/CCCCCC#N)NCCCCCCCNC(=O)C(F)(F)F. The summed E-state index contributed by atoms with van der Waals surface area (Å²) in [6.07, 6.45) is 1.19. The molecule has 11 heteroatoms. The van der Waals surface area contributed by atoms with Gasteiger partial charge >= 0.3 is 18.2 Å².